The molecule has 2 amide bonds. The van der Waals surface area contributed by atoms with Gasteiger partial charge in [-0.3, -0.25) is 4.79 Å². The van der Waals surface area contributed by atoms with Crippen molar-refractivity contribution in [3.05, 3.63) is 0 Å². The minimum Gasteiger partial charge on any atom is -0.481 e. The van der Waals surface area contributed by atoms with Gasteiger partial charge < -0.3 is 15.3 Å². The SMILES string of the molecule is CCC(C)C(C)NC(=O)N1CCCC(CC(=O)O)C1. The van der Waals surface area contributed by atoms with Crippen molar-refractivity contribution in [3.8, 4) is 0 Å². The molecular formula is C14H26N2O3. The van der Waals surface area contributed by atoms with E-state index in [1.165, 1.54) is 0 Å². The molecule has 0 aliphatic carbocycles. The average Bonchev–Trinajstić information content (AvgIpc) is 2.37. The second kappa shape index (κ2) is 7.36. The fourth-order valence-corrected chi connectivity index (χ4v) is 2.44. The van der Waals surface area contributed by atoms with Crippen LogP contribution in [0.4, 0.5) is 4.79 Å². The second-order valence-electron chi connectivity index (χ2n) is 5.68. The van der Waals surface area contributed by atoms with E-state index in [9.17, 15) is 9.59 Å². The number of nitrogens with zero attached hydrogens (tertiary/aromatic N) is 1. The lowest BCUT2D eigenvalue weighted by Crippen LogP contribution is -2.49. The summed E-state index contributed by atoms with van der Waals surface area (Å²) in [6, 6.07) is 0.0974. The summed E-state index contributed by atoms with van der Waals surface area (Å²) < 4.78 is 0. The lowest BCUT2D eigenvalue weighted by molar-refractivity contribution is -0.138. The standard InChI is InChI=1S/C14H26N2O3/c1-4-10(2)11(3)15-14(19)16-7-5-6-12(9-16)8-13(17)18/h10-12H,4-9H2,1-3H3,(H,15,19)(H,17,18). The van der Waals surface area contributed by atoms with Crippen LogP contribution >= 0.6 is 0 Å². The molecule has 0 spiro atoms. The van der Waals surface area contributed by atoms with Crippen molar-refractivity contribution in [1.82, 2.24) is 10.2 Å². The van der Waals surface area contributed by atoms with E-state index in [0.29, 0.717) is 12.5 Å². The minimum absolute atomic E-state index is 0.0529. The number of hydrogen-bond donors (Lipinski definition) is 2. The fraction of sp³-hybridized carbons (Fsp3) is 0.857. The highest BCUT2D eigenvalue weighted by Gasteiger charge is 2.26. The van der Waals surface area contributed by atoms with Gasteiger partial charge in [0.2, 0.25) is 0 Å². The lowest BCUT2D eigenvalue weighted by atomic mass is 9.95. The molecule has 5 nitrogen and oxygen atoms in total. The Morgan fingerprint density at radius 1 is 1.42 bits per heavy atom. The van der Waals surface area contributed by atoms with Crippen molar-refractivity contribution < 1.29 is 14.7 Å². The van der Waals surface area contributed by atoms with Crippen molar-refractivity contribution in [2.75, 3.05) is 13.1 Å². The topological polar surface area (TPSA) is 69.6 Å². The summed E-state index contributed by atoms with van der Waals surface area (Å²) in [5, 5.41) is 11.8. The Labute approximate surface area is 115 Å². The highest BCUT2D eigenvalue weighted by molar-refractivity contribution is 5.74. The minimum atomic E-state index is -0.778. The number of nitrogens with one attached hydrogen (secondary N) is 1. The fourth-order valence-electron chi connectivity index (χ4n) is 2.44. The van der Waals surface area contributed by atoms with Crippen LogP contribution in [0.15, 0.2) is 0 Å². The van der Waals surface area contributed by atoms with Gasteiger partial charge in [-0.2, -0.15) is 0 Å². The molecule has 1 aliphatic rings. The predicted octanol–water partition coefficient (Wildman–Crippen LogP) is 2.32. The summed E-state index contributed by atoms with van der Waals surface area (Å²) in [6.45, 7) is 7.54. The Morgan fingerprint density at radius 3 is 2.68 bits per heavy atom. The van der Waals surface area contributed by atoms with E-state index >= 15 is 0 Å². The molecule has 1 saturated heterocycles. The molecule has 0 aromatic carbocycles. The van der Waals surface area contributed by atoms with Crippen LogP contribution in [0, 0.1) is 11.8 Å². The number of amides is 2. The Bertz CT molecular complexity index is 320. The molecule has 19 heavy (non-hydrogen) atoms. The highest BCUT2D eigenvalue weighted by atomic mass is 16.4. The first-order chi connectivity index (χ1) is 8.93. The number of carboxylic acid groups (broad SMARTS) is 1. The molecule has 0 aromatic rings. The molecule has 110 valence electrons. The summed E-state index contributed by atoms with van der Waals surface area (Å²) in [5.74, 6) is -0.236. The number of rotatable bonds is 5. The van der Waals surface area contributed by atoms with Crippen molar-refractivity contribution in [3.63, 3.8) is 0 Å². The quantitative estimate of drug-likeness (QED) is 0.805. The Hall–Kier alpha value is -1.26. The summed E-state index contributed by atoms with van der Waals surface area (Å²) in [6.07, 6.45) is 2.98. The van der Waals surface area contributed by atoms with Crippen LogP contribution in [0.5, 0.6) is 0 Å². The third kappa shape index (κ3) is 5.09. The van der Waals surface area contributed by atoms with Crippen LogP contribution in [-0.4, -0.2) is 41.1 Å². The number of piperidine rings is 1. The second-order valence-corrected chi connectivity index (χ2v) is 5.68. The Morgan fingerprint density at radius 2 is 2.11 bits per heavy atom. The van der Waals surface area contributed by atoms with Crippen molar-refractivity contribution >= 4 is 12.0 Å². The lowest BCUT2D eigenvalue weighted by Gasteiger charge is -2.33. The normalized spacial score (nSPS) is 22.7. The molecule has 0 saturated carbocycles. The van der Waals surface area contributed by atoms with Gasteiger partial charge in [0.1, 0.15) is 0 Å². The summed E-state index contributed by atoms with van der Waals surface area (Å²) in [5.41, 5.74) is 0. The van der Waals surface area contributed by atoms with Gasteiger partial charge in [-0.15, -0.1) is 0 Å². The number of carbonyl (C=O) groups is 2. The van der Waals surface area contributed by atoms with E-state index < -0.39 is 5.97 Å². The zero-order valence-corrected chi connectivity index (χ0v) is 12.2. The number of carbonyl (C=O) groups excluding carboxylic acids is 1. The van der Waals surface area contributed by atoms with Crippen LogP contribution in [0.1, 0.15) is 46.5 Å². The van der Waals surface area contributed by atoms with E-state index in [0.717, 1.165) is 25.8 Å². The number of likely N-dealkylation sites (tertiary alicyclic amines) is 1. The first-order valence-corrected chi connectivity index (χ1v) is 7.21. The first kappa shape index (κ1) is 15.8. The number of hydrogen-bond acceptors (Lipinski definition) is 2. The molecule has 5 heteroatoms. The van der Waals surface area contributed by atoms with Gasteiger partial charge in [0.25, 0.3) is 0 Å². The van der Waals surface area contributed by atoms with Crippen LogP contribution in [0.3, 0.4) is 0 Å². The summed E-state index contributed by atoms with van der Waals surface area (Å²) in [7, 11) is 0. The van der Waals surface area contributed by atoms with Crippen LogP contribution < -0.4 is 5.32 Å². The number of aliphatic carboxylic acids is 1. The first-order valence-electron chi connectivity index (χ1n) is 7.21. The predicted molar refractivity (Wildman–Crippen MR) is 74.0 cm³/mol. The smallest absolute Gasteiger partial charge is 0.317 e. The third-order valence-corrected chi connectivity index (χ3v) is 4.12. The van der Waals surface area contributed by atoms with E-state index in [-0.39, 0.29) is 24.4 Å². The Kier molecular flexibility index (Phi) is 6.12. The van der Waals surface area contributed by atoms with Gasteiger partial charge in [-0.05, 0) is 31.6 Å². The van der Waals surface area contributed by atoms with Gasteiger partial charge in [0.15, 0.2) is 0 Å². The molecule has 3 unspecified atom stereocenters. The van der Waals surface area contributed by atoms with Gasteiger partial charge in [-0.1, -0.05) is 20.3 Å². The highest BCUT2D eigenvalue weighted by Crippen LogP contribution is 2.20. The molecule has 0 radical (unpaired) electrons. The number of urea groups is 1. The van der Waals surface area contributed by atoms with Gasteiger partial charge in [-0.25, -0.2) is 4.79 Å². The van der Waals surface area contributed by atoms with Crippen LogP contribution in [0.2, 0.25) is 0 Å². The Balaban J connectivity index is 2.45. The van der Waals surface area contributed by atoms with Crippen LogP contribution in [0.25, 0.3) is 0 Å². The molecule has 3 atom stereocenters. The maximum Gasteiger partial charge on any atom is 0.317 e. The zero-order valence-electron chi connectivity index (χ0n) is 12.2. The maximum absolute atomic E-state index is 12.1. The van der Waals surface area contributed by atoms with Crippen molar-refractivity contribution in [1.29, 1.82) is 0 Å². The van der Waals surface area contributed by atoms with Crippen LogP contribution in [-0.2, 0) is 4.79 Å². The van der Waals surface area contributed by atoms with Crippen molar-refractivity contribution in [2.24, 2.45) is 11.8 Å². The summed E-state index contributed by atoms with van der Waals surface area (Å²) >= 11 is 0. The van der Waals surface area contributed by atoms with E-state index in [2.05, 4.69) is 19.2 Å². The largest absolute Gasteiger partial charge is 0.481 e. The molecular weight excluding hydrogens is 244 g/mol. The van der Waals surface area contributed by atoms with Gasteiger partial charge >= 0.3 is 12.0 Å². The molecule has 0 bridgehead atoms. The molecule has 1 aliphatic heterocycles. The molecule has 0 aromatic heterocycles. The number of carboxylic acids is 1. The van der Waals surface area contributed by atoms with Gasteiger partial charge in [0, 0.05) is 25.6 Å². The van der Waals surface area contributed by atoms with E-state index in [1.807, 2.05) is 6.92 Å². The monoisotopic (exact) mass is 270 g/mol. The third-order valence-electron chi connectivity index (χ3n) is 4.12. The molecule has 1 heterocycles. The van der Waals surface area contributed by atoms with Crippen molar-refractivity contribution in [2.45, 2.75) is 52.5 Å². The van der Waals surface area contributed by atoms with E-state index in [1.54, 1.807) is 4.90 Å². The molecule has 2 N–H and O–H groups in total. The molecule has 1 fully saturated rings. The molecule has 1 rings (SSSR count). The zero-order chi connectivity index (χ0) is 14.4. The van der Waals surface area contributed by atoms with Gasteiger partial charge in [0.05, 0.1) is 0 Å². The van der Waals surface area contributed by atoms with E-state index in [4.69, 9.17) is 5.11 Å². The average molecular weight is 270 g/mol. The maximum atomic E-state index is 12.1. The summed E-state index contributed by atoms with van der Waals surface area (Å²) in [4.78, 5) is 24.6.